The maximum atomic E-state index is 6.28. The molecule has 0 aromatic heterocycles. The summed E-state index contributed by atoms with van der Waals surface area (Å²) in [5, 5.41) is 0. The molecule has 0 bridgehead atoms. The lowest BCUT2D eigenvalue weighted by atomic mass is 9.89. The molecule has 1 aromatic carbocycles. The summed E-state index contributed by atoms with van der Waals surface area (Å²) >= 11 is 4.34. The van der Waals surface area contributed by atoms with E-state index in [4.69, 9.17) is 11.5 Å². The monoisotopic (exact) mass is 224 g/mol. The molecular formula is C12H20N2S. The molecule has 0 saturated heterocycles. The molecule has 0 spiro atoms. The van der Waals surface area contributed by atoms with E-state index in [1.807, 2.05) is 18.2 Å². The molecule has 15 heavy (non-hydrogen) atoms. The fourth-order valence-electron chi connectivity index (χ4n) is 1.68. The molecule has 84 valence electrons. The average Bonchev–Trinajstić information content (AvgIpc) is 2.28. The number of rotatable bonds is 6. The van der Waals surface area contributed by atoms with Crippen molar-refractivity contribution in [2.75, 3.05) is 12.3 Å². The van der Waals surface area contributed by atoms with Crippen molar-refractivity contribution in [3.05, 3.63) is 35.9 Å². The topological polar surface area (TPSA) is 52.0 Å². The normalized spacial score (nSPS) is 14.9. The van der Waals surface area contributed by atoms with E-state index in [9.17, 15) is 0 Å². The number of thiol groups is 1. The maximum Gasteiger partial charge on any atom is 0.0284 e. The van der Waals surface area contributed by atoms with Gasteiger partial charge in [0.25, 0.3) is 0 Å². The van der Waals surface area contributed by atoms with Crippen molar-refractivity contribution in [2.24, 2.45) is 11.5 Å². The zero-order valence-corrected chi connectivity index (χ0v) is 9.92. The predicted molar refractivity (Wildman–Crippen MR) is 69.2 cm³/mol. The lowest BCUT2D eigenvalue weighted by molar-refractivity contribution is 0.428. The fraction of sp³-hybridized carbons (Fsp3) is 0.500. The predicted octanol–water partition coefficient (Wildman–Crippen LogP) is 1.60. The Hall–Kier alpha value is -0.510. The molecule has 0 amide bonds. The van der Waals surface area contributed by atoms with Crippen LogP contribution in [-0.2, 0) is 6.42 Å². The summed E-state index contributed by atoms with van der Waals surface area (Å²) in [5.74, 6) is 0.696. The van der Waals surface area contributed by atoms with Gasteiger partial charge in [-0.3, -0.25) is 0 Å². The molecule has 4 N–H and O–H groups in total. The molecule has 1 unspecified atom stereocenters. The minimum atomic E-state index is -0.218. The fourth-order valence-corrected chi connectivity index (χ4v) is 1.95. The smallest absolute Gasteiger partial charge is 0.0284 e. The number of benzene rings is 1. The number of hydrogen-bond donors (Lipinski definition) is 3. The summed E-state index contributed by atoms with van der Waals surface area (Å²) in [6, 6.07) is 10.3. The minimum Gasteiger partial charge on any atom is -0.330 e. The Morgan fingerprint density at radius 1 is 1.20 bits per heavy atom. The second-order valence-electron chi connectivity index (χ2n) is 4.08. The molecule has 0 aliphatic carbocycles. The van der Waals surface area contributed by atoms with Crippen LogP contribution < -0.4 is 11.5 Å². The summed E-state index contributed by atoms with van der Waals surface area (Å²) in [7, 11) is 0. The van der Waals surface area contributed by atoms with Crippen molar-refractivity contribution in [2.45, 2.75) is 24.8 Å². The molecule has 0 fully saturated rings. The van der Waals surface area contributed by atoms with Crippen LogP contribution in [0.2, 0.25) is 0 Å². The summed E-state index contributed by atoms with van der Waals surface area (Å²) in [4.78, 5) is 0. The molecule has 3 heteroatoms. The summed E-state index contributed by atoms with van der Waals surface area (Å²) < 4.78 is 0. The van der Waals surface area contributed by atoms with Gasteiger partial charge in [-0.25, -0.2) is 0 Å². The molecule has 0 radical (unpaired) electrons. The molecular weight excluding hydrogens is 204 g/mol. The first kappa shape index (κ1) is 12.6. The van der Waals surface area contributed by atoms with Crippen LogP contribution in [-0.4, -0.2) is 17.8 Å². The van der Waals surface area contributed by atoms with E-state index in [1.165, 1.54) is 5.56 Å². The van der Waals surface area contributed by atoms with Gasteiger partial charge >= 0.3 is 0 Å². The van der Waals surface area contributed by atoms with Crippen LogP contribution in [0.1, 0.15) is 18.4 Å². The van der Waals surface area contributed by atoms with Crippen LogP contribution in [0, 0.1) is 0 Å². The standard InChI is InChI=1S/C12H20N2S/c13-8-4-7-12(14,10-15)9-11-5-2-1-3-6-11/h1-3,5-6,15H,4,7-10,13-14H2. The Bertz CT molecular complexity index is 276. The highest BCUT2D eigenvalue weighted by Gasteiger charge is 2.22. The van der Waals surface area contributed by atoms with Crippen molar-refractivity contribution >= 4 is 12.6 Å². The van der Waals surface area contributed by atoms with Gasteiger partial charge in [-0.05, 0) is 31.4 Å². The highest BCUT2D eigenvalue weighted by atomic mass is 32.1. The summed E-state index contributed by atoms with van der Waals surface area (Å²) in [6.07, 6.45) is 2.77. The molecule has 0 aliphatic rings. The van der Waals surface area contributed by atoms with Crippen LogP contribution in [0.4, 0.5) is 0 Å². The Kier molecular flexibility index (Phi) is 5.15. The number of hydrogen-bond acceptors (Lipinski definition) is 3. The van der Waals surface area contributed by atoms with Gasteiger partial charge < -0.3 is 11.5 Å². The molecule has 0 heterocycles. The minimum absolute atomic E-state index is 0.218. The Labute approximate surface area is 97.5 Å². The van der Waals surface area contributed by atoms with Crippen molar-refractivity contribution in [3.63, 3.8) is 0 Å². The molecule has 1 aromatic rings. The van der Waals surface area contributed by atoms with Crippen LogP contribution in [0.15, 0.2) is 30.3 Å². The first-order chi connectivity index (χ1) is 7.20. The van der Waals surface area contributed by atoms with E-state index < -0.39 is 0 Å². The Morgan fingerprint density at radius 3 is 2.40 bits per heavy atom. The first-order valence-corrected chi connectivity index (χ1v) is 5.97. The van der Waals surface area contributed by atoms with Crippen LogP contribution in [0.25, 0.3) is 0 Å². The van der Waals surface area contributed by atoms with Gasteiger partial charge in [0, 0.05) is 11.3 Å². The van der Waals surface area contributed by atoms with Crippen LogP contribution in [0.3, 0.4) is 0 Å². The van der Waals surface area contributed by atoms with E-state index in [1.54, 1.807) is 0 Å². The zero-order valence-electron chi connectivity index (χ0n) is 9.02. The Balaban J connectivity index is 2.59. The van der Waals surface area contributed by atoms with E-state index in [2.05, 4.69) is 24.8 Å². The average molecular weight is 224 g/mol. The third-order valence-electron chi connectivity index (χ3n) is 2.59. The zero-order chi connectivity index (χ0) is 11.1. The lowest BCUT2D eigenvalue weighted by Crippen LogP contribution is -2.44. The van der Waals surface area contributed by atoms with Crippen molar-refractivity contribution in [3.8, 4) is 0 Å². The Morgan fingerprint density at radius 2 is 1.87 bits per heavy atom. The van der Waals surface area contributed by atoms with Gasteiger partial charge in [-0.15, -0.1) is 0 Å². The molecule has 0 aliphatic heterocycles. The van der Waals surface area contributed by atoms with Crippen molar-refractivity contribution in [1.29, 1.82) is 0 Å². The summed E-state index contributed by atoms with van der Waals surface area (Å²) in [5.41, 5.74) is 12.8. The van der Waals surface area contributed by atoms with Crippen LogP contribution in [0.5, 0.6) is 0 Å². The SMILES string of the molecule is NCCCC(N)(CS)Cc1ccccc1. The highest BCUT2D eigenvalue weighted by Crippen LogP contribution is 2.17. The molecule has 2 nitrogen and oxygen atoms in total. The van der Waals surface area contributed by atoms with Gasteiger partial charge in [-0.2, -0.15) is 12.6 Å². The third-order valence-corrected chi connectivity index (χ3v) is 3.22. The number of nitrogens with two attached hydrogens (primary N) is 2. The molecule has 1 rings (SSSR count). The molecule has 1 atom stereocenters. The van der Waals surface area contributed by atoms with Gasteiger partial charge in [0.1, 0.15) is 0 Å². The third kappa shape index (κ3) is 4.24. The van der Waals surface area contributed by atoms with E-state index in [-0.39, 0.29) is 5.54 Å². The van der Waals surface area contributed by atoms with Gasteiger partial charge in [0.2, 0.25) is 0 Å². The van der Waals surface area contributed by atoms with Gasteiger partial charge in [0.15, 0.2) is 0 Å². The van der Waals surface area contributed by atoms with Crippen molar-refractivity contribution < 1.29 is 0 Å². The largest absolute Gasteiger partial charge is 0.330 e. The van der Waals surface area contributed by atoms with E-state index in [0.29, 0.717) is 12.3 Å². The van der Waals surface area contributed by atoms with E-state index in [0.717, 1.165) is 19.3 Å². The highest BCUT2D eigenvalue weighted by molar-refractivity contribution is 7.80. The quantitative estimate of drug-likeness (QED) is 0.643. The second kappa shape index (κ2) is 6.16. The van der Waals surface area contributed by atoms with Crippen molar-refractivity contribution in [1.82, 2.24) is 0 Å². The second-order valence-corrected chi connectivity index (χ2v) is 4.39. The summed E-state index contributed by atoms with van der Waals surface area (Å²) in [6.45, 7) is 0.696. The van der Waals surface area contributed by atoms with E-state index >= 15 is 0 Å². The van der Waals surface area contributed by atoms with Crippen LogP contribution >= 0.6 is 12.6 Å². The maximum absolute atomic E-state index is 6.28. The lowest BCUT2D eigenvalue weighted by Gasteiger charge is -2.27. The first-order valence-electron chi connectivity index (χ1n) is 5.34. The molecule has 0 saturated carbocycles. The van der Waals surface area contributed by atoms with Gasteiger partial charge in [-0.1, -0.05) is 30.3 Å². The van der Waals surface area contributed by atoms with Gasteiger partial charge in [0.05, 0.1) is 0 Å².